The van der Waals surface area contributed by atoms with Crippen LogP contribution in [0.5, 0.6) is 0 Å². The van der Waals surface area contributed by atoms with Crippen molar-refractivity contribution in [2.24, 2.45) is 5.73 Å². The molecular formula is C16H19NO5. The topological polar surface area (TPSA) is 102 Å². The highest BCUT2D eigenvalue weighted by atomic mass is 16.6. The van der Waals surface area contributed by atoms with Crippen molar-refractivity contribution in [1.82, 2.24) is 0 Å². The van der Waals surface area contributed by atoms with E-state index in [4.69, 9.17) is 20.3 Å². The van der Waals surface area contributed by atoms with Crippen LogP contribution in [0.15, 0.2) is 30.3 Å². The van der Waals surface area contributed by atoms with E-state index in [0.717, 1.165) is 11.1 Å². The molecule has 2 rings (SSSR count). The van der Waals surface area contributed by atoms with Gasteiger partial charge in [-0.25, -0.2) is 4.79 Å². The maximum absolute atomic E-state index is 11.7. The average molecular weight is 305 g/mol. The normalized spacial score (nSPS) is 23.0. The number of carboxylic acids is 1. The van der Waals surface area contributed by atoms with E-state index in [-0.39, 0.29) is 12.2 Å². The molecule has 4 unspecified atom stereocenters. The molecule has 4 atom stereocenters. The van der Waals surface area contributed by atoms with Gasteiger partial charge in [0.2, 0.25) is 0 Å². The number of rotatable bonds is 6. The summed E-state index contributed by atoms with van der Waals surface area (Å²) in [6.07, 6.45) is 2.21. The molecule has 1 heterocycles. The zero-order valence-corrected chi connectivity index (χ0v) is 12.4. The van der Waals surface area contributed by atoms with Crippen molar-refractivity contribution >= 4 is 18.0 Å². The van der Waals surface area contributed by atoms with Gasteiger partial charge in [0.15, 0.2) is 0 Å². The smallest absolute Gasteiger partial charge is 0.331 e. The first-order valence-corrected chi connectivity index (χ1v) is 7.01. The number of hydrogen-bond donors (Lipinski definition) is 2. The molecule has 1 saturated heterocycles. The molecular weight excluding hydrogens is 286 g/mol. The molecule has 0 radical (unpaired) electrons. The van der Waals surface area contributed by atoms with E-state index in [1.54, 1.807) is 6.08 Å². The number of carbonyl (C=O) groups is 2. The van der Waals surface area contributed by atoms with Gasteiger partial charge in [0.1, 0.15) is 18.2 Å². The van der Waals surface area contributed by atoms with E-state index in [1.165, 1.54) is 13.0 Å². The molecule has 1 fully saturated rings. The summed E-state index contributed by atoms with van der Waals surface area (Å²) in [5, 5.41) is 8.75. The zero-order chi connectivity index (χ0) is 16.3. The lowest BCUT2D eigenvalue weighted by molar-refractivity contribution is -0.149. The predicted octanol–water partition coefficient (Wildman–Crippen LogP) is 1.50. The second-order valence-corrected chi connectivity index (χ2v) is 5.23. The number of ether oxygens (including phenoxy) is 2. The van der Waals surface area contributed by atoms with Crippen LogP contribution in [-0.2, 0) is 19.1 Å². The molecule has 0 saturated carbocycles. The maximum Gasteiger partial charge on any atom is 0.331 e. The number of aliphatic carboxylic acids is 1. The highest BCUT2D eigenvalue weighted by molar-refractivity contribution is 5.88. The molecule has 1 aromatic rings. The number of nitrogens with two attached hydrogens (primary N) is 1. The zero-order valence-electron chi connectivity index (χ0n) is 12.4. The number of carboxylic acid groups (broad SMARTS) is 1. The van der Waals surface area contributed by atoms with Crippen LogP contribution in [0, 0.1) is 0 Å². The van der Waals surface area contributed by atoms with Crippen LogP contribution in [0.3, 0.4) is 0 Å². The Labute approximate surface area is 128 Å². The fourth-order valence-corrected chi connectivity index (χ4v) is 2.09. The number of benzene rings is 1. The van der Waals surface area contributed by atoms with Crippen LogP contribution >= 0.6 is 0 Å². The number of hydrogen-bond acceptors (Lipinski definition) is 5. The summed E-state index contributed by atoms with van der Waals surface area (Å²) < 4.78 is 10.4. The van der Waals surface area contributed by atoms with E-state index in [9.17, 15) is 9.59 Å². The summed E-state index contributed by atoms with van der Waals surface area (Å²) in [6, 6.07) is 6.35. The van der Waals surface area contributed by atoms with Crippen molar-refractivity contribution in [2.45, 2.75) is 38.2 Å². The average Bonchev–Trinajstić information content (AvgIpc) is 3.21. The fraction of sp³-hybridized carbons (Fsp3) is 0.375. The largest absolute Gasteiger partial charge is 0.480 e. The quantitative estimate of drug-likeness (QED) is 0.469. The number of epoxide rings is 1. The highest BCUT2D eigenvalue weighted by Crippen LogP contribution is 2.39. The van der Waals surface area contributed by atoms with Crippen LogP contribution < -0.4 is 5.73 Å². The van der Waals surface area contributed by atoms with Crippen molar-refractivity contribution in [1.29, 1.82) is 0 Å². The first-order chi connectivity index (χ1) is 10.4. The SMILES string of the molecule is CC(OC(=O)C=Cc1ccccc1C1OC1C)C(N)C(=O)O. The maximum atomic E-state index is 11.7. The molecule has 118 valence electrons. The molecule has 1 aromatic carbocycles. The number of carbonyl (C=O) groups excluding carboxylic acids is 1. The van der Waals surface area contributed by atoms with E-state index >= 15 is 0 Å². The van der Waals surface area contributed by atoms with Crippen molar-refractivity contribution in [3.63, 3.8) is 0 Å². The number of esters is 1. The van der Waals surface area contributed by atoms with Gasteiger partial charge in [-0.1, -0.05) is 24.3 Å². The minimum Gasteiger partial charge on any atom is -0.480 e. The van der Waals surface area contributed by atoms with Crippen LogP contribution in [0.1, 0.15) is 31.1 Å². The van der Waals surface area contributed by atoms with Gasteiger partial charge in [0, 0.05) is 6.08 Å². The molecule has 6 heteroatoms. The first kappa shape index (κ1) is 16.2. The third kappa shape index (κ3) is 3.93. The molecule has 0 spiro atoms. The Bertz CT molecular complexity index is 598. The molecule has 0 amide bonds. The van der Waals surface area contributed by atoms with Crippen LogP contribution in [-0.4, -0.2) is 35.3 Å². The van der Waals surface area contributed by atoms with Gasteiger partial charge in [-0.15, -0.1) is 0 Å². The highest BCUT2D eigenvalue weighted by Gasteiger charge is 2.36. The molecule has 0 aliphatic carbocycles. The van der Waals surface area contributed by atoms with Gasteiger partial charge < -0.3 is 20.3 Å². The summed E-state index contributed by atoms with van der Waals surface area (Å²) in [5.41, 5.74) is 7.26. The van der Waals surface area contributed by atoms with Gasteiger partial charge in [0.05, 0.1) is 6.10 Å². The van der Waals surface area contributed by atoms with Crippen molar-refractivity contribution in [2.75, 3.05) is 0 Å². The van der Waals surface area contributed by atoms with Gasteiger partial charge >= 0.3 is 11.9 Å². The Morgan fingerprint density at radius 2 is 2.05 bits per heavy atom. The van der Waals surface area contributed by atoms with E-state index < -0.39 is 24.1 Å². The Balaban J connectivity index is 2.00. The minimum absolute atomic E-state index is 0.0521. The van der Waals surface area contributed by atoms with Gasteiger partial charge in [0.25, 0.3) is 0 Å². The van der Waals surface area contributed by atoms with Gasteiger partial charge in [-0.3, -0.25) is 4.79 Å². The van der Waals surface area contributed by atoms with Crippen LogP contribution in [0.2, 0.25) is 0 Å². The summed E-state index contributed by atoms with van der Waals surface area (Å²) in [4.78, 5) is 22.4. The van der Waals surface area contributed by atoms with Crippen LogP contribution in [0.25, 0.3) is 6.08 Å². The fourth-order valence-electron chi connectivity index (χ4n) is 2.09. The Kier molecular flexibility index (Phi) is 4.95. The molecule has 3 N–H and O–H groups in total. The lowest BCUT2D eigenvalue weighted by Crippen LogP contribution is -2.42. The van der Waals surface area contributed by atoms with Crippen molar-refractivity contribution < 1.29 is 24.2 Å². The second kappa shape index (κ2) is 6.72. The Hall–Kier alpha value is -2.18. The van der Waals surface area contributed by atoms with Gasteiger partial charge in [-0.05, 0) is 31.1 Å². The van der Waals surface area contributed by atoms with Gasteiger partial charge in [-0.2, -0.15) is 0 Å². The molecule has 0 aromatic heterocycles. The lowest BCUT2D eigenvalue weighted by Gasteiger charge is -2.15. The molecule has 0 bridgehead atoms. The third-order valence-corrected chi connectivity index (χ3v) is 3.51. The van der Waals surface area contributed by atoms with E-state index in [2.05, 4.69) is 0 Å². The van der Waals surface area contributed by atoms with E-state index in [0.29, 0.717) is 0 Å². The van der Waals surface area contributed by atoms with E-state index in [1.807, 2.05) is 31.2 Å². The summed E-state index contributed by atoms with van der Waals surface area (Å²) in [6.45, 7) is 3.42. The Morgan fingerprint density at radius 3 is 2.64 bits per heavy atom. The van der Waals surface area contributed by atoms with Crippen molar-refractivity contribution in [3.05, 3.63) is 41.5 Å². The molecule has 1 aliphatic rings. The predicted molar refractivity (Wildman–Crippen MR) is 79.9 cm³/mol. The first-order valence-electron chi connectivity index (χ1n) is 7.01. The molecule has 1 aliphatic heterocycles. The van der Waals surface area contributed by atoms with Crippen molar-refractivity contribution in [3.8, 4) is 0 Å². The molecule has 22 heavy (non-hydrogen) atoms. The summed E-state index contributed by atoms with van der Waals surface area (Å²) >= 11 is 0. The van der Waals surface area contributed by atoms with Crippen LogP contribution in [0.4, 0.5) is 0 Å². The summed E-state index contributed by atoms with van der Waals surface area (Å²) in [5.74, 6) is -1.85. The second-order valence-electron chi connectivity index (χ2n) is 5.23. The third-order valence-electron chi connectivity index (χ3n) is 3.51. The standard InChI is InChI=1S/C16H19NO5/c1-9(14(17)16(19)20)21-13(18)8-7-11-5-3-4-6-12(11)15-10(2)22-15/h3-10,14-15H,17H2,1-2H3,(H,19,20). The minimum atomic E-state index is -1.25. The monoisotopic (exact) mass is 305 g/mol. The summed E-state index contributed by atoms with van der Waals surface area (Å²) in [7, 11) is 0. The Morgan fingerprint density at radius 1 is 1.41 bits per heavy atom. The lowest BCUT2D eigenvalue weighted by atomic mass is 10.0. The molecule has 6 nitrogen and oxygen atoms in total.